The number of carbonyl (C=O) groups is 1. The molecule has 0 heterocycles. The van der Waals surface area contributed by atoms with Gasteiger partial charge in [0, 0.05) is 11.5 Å². The Kier molecular flexibility index (Phi) is 6.10. The van der Waals surface area contributed by atoms with Gasteiger partial charge < -0.3 is 4.74 Å². The first-order valence-electron chi connectivity index (χ1n) is 3.55. The van der Waals surface area contributed by atoms with Gasteiger partial charge in [0.05, 0.1) is 19.3 Å². The number of methoxy groups -OCH3 is 1. The van der Waals surface area contributed by atoms with Crippen molar-refractivity contribution >= 4 is 27.8 Å². The van der Waals surface area contributed by atoms with Gasteiger partial charge in [-0.15, -0.1) is 0 Å². The van der Waals surface area contributed by atoms with Crippen LogP contribution in [0.15, 0.2) is 0 Å². The lowest BCUT2D eigenvalue weighted by Gasteiger charge is -1.98. The normalized spacial score (nSPS) is 11.2. The minimum Gasteiger partial charge on any atom is -0.469 e. The van der Waals surface area contributed by atoms with Crippen LogP contribution in [-0.4, -0.2) is 43.3 Å². The molecule has 0 bridgehead atoms. The summed E-state index contributed by atoms with van der Waals surface area (Å²) in [6.45, 7) is 0. The zero-order chi connectivity index (χ0) is 10.3. The second kappa shape index (κ2) is 6.22. The molecule has 7 heteroatoms. The third-order valence-electron chi connectivity index (χ3n) is 1.16. The first-order chi connectivity index (χ1) is 5.95. The van der Waals surface area contributed by atoms with E-state index in [-0.39, 0.29) is 23.9 Å². The summed E-state index contributed by atoms with van der Waals surface area (Å²) in [7, 11) is -2.57. The maximum Gasteiger partial charge on any atom is 0.306 e. The van der Waals surface area contributed by atoms with E-state index in [4.69, 9.17) is 4.55 Å². The van der Waals surface area contributed by atoms with Crippen LogP contribution in [0.3, 0.4) is 0 Å². The summed E-state index contributed by atoms with van der Waals surface area (Å²) in [5.41, 5.74) is 0. The van der Waals surface area contributed by atoms with Crippen molar-refractivity contribution in [1.29, 1.82) is 0 Å². The Balaban J connectivity index is 3.33. The Labute approximate surface area is 81.6 Å². The van der Waals surface area contributed by atoms with Gasteiger partial charge in [-0.05, 0) is 0 Å². The summed E-state index contributed by atoms with van der Waals surface area (Å²) in [6, 6.07) is 0. The number of hydrogen-bond acceptors (Lipinski definition) is 5. The van der Waals surface area contributed by atoms with E-state index < -0.39 is 10.1 Å². The first-order valence-corrected chi connectivity index (χ1v) is 6.32. The molecule has 0 fully saturated rings. The Bertz CT molecular complexity index is 246. The predicted octanol–water partition coefficient (Wildman–Crippen LogP) is 0.170. The number of hydrogen-bond donors (Lipinski definition) is 1. The fourth-order valence-electron chi connectivity index (χ4n) is 0.524. The summed E-state index contributed by atoms with van der Waals surface area (Å²) in [6.07, 6.45) is 0.257. The Morgan fingerprint density at radius 1 is 1.46 bits per heavy atom. The molecule has 5 nitrogen and oxygen atoms in total. The molecule has 0 amide bonds. The van der Waals surface area contributed by atoms with Crippen LogP contribution < -0.4 is 0 Å². The van der Waals surface area contributed by atoms with Crippen LogP contribution in [0, 0.1) is 0 Å². The summed E-state index contributed by atoms with van der Waals surface area (Å²) in [4.78, 5) is 10.6. The molecular formula is C6H12O5S2. The van der Waals surface area contributed by atoms with Gasteiger partial charge in [0.1, 0.15) is 0 Å². The Morgan fingerprint density at radius 3 is 2.54 bits per heavy atom. The Morgan fingerprint density at radius 2 is 2.08 bits per heavy atom. The van der Waals surface area contributed by atoms with Crippen LogP contribution in [-0.2, 0) is 19.6 Å². The zero-order valence-corrected chi connectivity index (χ0v) is 8.86. The van der Waals surface area contributed by atoms with E-state index in [1.54, 1.807) is 0 Å². The van der Waals surface area contributed by atoms with Crippen molar-refractivity contribution in [2.75, 3.05) is 24.4 Å². The summed E-state index contributed by atoms with van der Waals surface area (Å²) < 4.78 is 33.2. The van der Waals surface area contributed by atoms with E-state index in [1.807, 2.05) is 0 Å². The number of esters is 1. The van der Waals surface area contributed by atoms with Gasteiger partial charge in [-0.1, -0.05) is 0 Å². The average Bonchev–Trinajstić information content (AvgIpc) is 2.01. The molecule has 0 aliphatic heterocycles. The average molecular weight is 228 g/mol. The number of thioether (sulfide) groups is 1. The highest BCUT2D eigenvalue weighted by Crippen LogP contribution is 2.03. The van der Waals surface area contributed by atoms with Crippen molar-refractivity contribution in [3.63, 3.8) is 0 Å². The van der Waals surface area contributed by atoms with Crippen LogP contribution in [0.2, 0.25) is 0 Å². The minimum atomic E-state index is -3.87. The smallest absolute Gasteiger partial charge is 0.306 e. The monoisotopic (exact) mass is 228 g/mol. The third-order valence-corrected chi connectivity index (χ3v) is 3.13. The molecule has 0 radical (unpaired) electrons. The van der Waals surface area contributed by atoms with Gasteiger partial charge in [0.15, 0.2) is 0 Å². The van der Waals surface area contributed by atoms with Gasteiger partial charge in [-0.2, -0.15) is 20.2 Å². The van der Waals surface area contributed by atoms with Gasteiger partial charge in [-0.3, -0.25) is 9.35 Å². The SMILES string of the molecule is COC(=O)CCSCCS(=O)(=O)O. The van der Waals surface area contributed by atoms with Crippen molar-refractivity contribution in [2.45, 2.75) is 6.42 Å². The van der Waals surface area contributed by atoms with E-state index in [9.17, 15) is 13.2 Å². The van der Waals surface area contributed by atoms with E-state index in [2.05, 4.69) is 4.74 Å². The largest absolute Gasteiger partial charge is 0.469 e. The van der Waals surface area contributed by atoms with E-state index >= 15 is 0 Å². The van der Waals surface area contributed by atoms with Crippen LogP contribution in [0.1, 0.15) is 6.42 Å². The lowest BCUT2D eigenvalue weighted by Crippen LogP contribution is -2.07. The van der Waals surface area contributed by atoms with Crippen molar-refractivity contribution in [1.82, 2.24) is 0 Å². The second-order valence-electron chi connectivity index (χ2n) is 2.22. The molecule has 0 saturated heterocycles. The molecule has 0 rings (SSSR count). The quantitative estimate of drug-likeness (QED) is 0.396. The molecule has 0 atom stereocenters. The standard InChI is InChI=1S/C6H12O5S2/c1-11-6(7)2-3-12-4-5-13(8,9)10/h2-5H2,1H3,(H,8,9,10). The molecule has 78 valence electrons. The molecule has 1 N–H and O–H groups in total. The van der Waals surface area contributed by atoms with Crippen LogP contribution >= 0.6 is 11.8 Å². The lowest BCUT2D eigenvalue weighted by atomic mass is 10.5. The fourth-order valence-corrected chi connectivity index (χ4v) is 2.35. The van der Waals surface area contributed by atoms with Crippen LogP contribution in [0.5, 0.6) is 0 Å². The van der Waals surface area contributed by atoms with Crippen molar-refractivity contribution in [3.05, 3.63) is 0 Å². The van der Waals surface area contributed by atoms with E-state index in [1.165, 1.54) is 18.9 Å². The molecule has 0 spiro atoms. The van der Waals surface area contributed by atoms with Crippen molar-refractivity contribution < 1.29 is 22.5 Å². The first kappa shape index (κ1) is 12.7. The molecule has 13 heavy (non-hydrogen) atoms. The maximum atomic E-state index is 10.6. The number of rotatable bonds is 6. The molecule has 0 aliphatic carbocycles. The summed E-state index contributed by atoms with van der Waals surface area (Å²) in [5.74, 6) is 0.191. The van der Waals surface area contributed by atoms with Gasteiger partial charge in [0.25, 0.3) is 10.1 Å². The lowest BCUT2D eigenvalue weighted by molar-refractivity contribution is -0.140. The molecule has 0 aromatic heterocycles. The number of ether oxygens (including phenoxy) is 1. The highest BCUT2D eigenvalue weighted by Gasteiger charge is 2.04. The van der Waals surface area contributed by atoms with Gasteiger partial charge in [0.2, 0.25) is 0 Å². The molecule has 0 saturated carbocycles. The molecule has 0 aliphatic rings. The molecule has 0 unspecified atom stereocenters. The fraction of sp³-hybridized carbons (Fsp3) is 0.833. The van der Waals surface area contributed by atoms with Gasteiger partial charge in [-0.25, -0.2) is 0 Å². The maximum absolute atomic E-state index is 10.6. The van der Waals surface area contributed by atoms with Crippen LogP contribution in [0.4, 0.5) is 0 Å². The van der Waals surface area contributed by atoms with E-state index in [0.29, 0.717) is 5.75 Å². The second-order valence-corrected chi connectivity index (χ2v) is 5.02. The van der Waals surface area contributed by atoms with Crippen molar-refractivity contribution in [2.24, 2.45) is 0 Å². The highest BCUT2D eigenvalue weighted by molar-refractivity contribution is 8.00. The zero-order valence-electron chi connectivity index (χ0n) is 7.23. The van der Waals surface area contributed by atoms with Crippen LogP contribution in [0.25, 0.3) is 0 Å². The molecule has 0 aromatic carbocycles. The predicted molar refractivity (Wildman–Crippen MR) is 50.4 cm³/mol. The molecule has 0 aromatic rings. The van der Waals surface area contributed by atoms with Gasteiger partial charge >= 0.3 is 5.97 Å². The summed E-state index contributed by atoms with van der Waals surface area (Å²) in [5, 5.41) is 0. The number of carbonyl (C=O) groups excluding carboxylic acids is 1. The molecular weight excluding hydrogens is 216 g/mol. The van der Waals surface area contributed by atoms with Crippen molar-refractivity contribution in [3.8, 4) is 0 Å². The third kappa shape index (κ3) is 9.65. The summed E-state index contributed by atoms with van der Waals surface area (Å²) >= 11 is 1.28. The Hall–Kier alpha value is -0.270. The topological polar surface area (TPSA) is 80.7 Å². The highest BCUT2D eigenvalue weighted by atomic mass is 32.2. The minimum absolute atomic E-state index is 0.257. The van der Waals surface area contributed by atoms with E-state index in [0.717, 1.165) is 0 Å².